The number of aromatic amines is 1. The third kappa shape index (κ3) is 4.38. The van der Waals surface area contributed by atoms with Gasteiger partial charge in [0, 0.05) is 30.7 Å². The van der Waals surface area contributed by atoms with Crippen LogP contribution in [0.5, 0.6) is 0 Å². The Kier molecular flexibility index (Phi) is 6.26. The van der Waals surface area contributed by atoms with Gasteiger partial charge in [-0.25, -0.2) is 19.9 Å². The smallest absolute Gasteiger partial charge is 0.296 e. The predicted molar refractivity (Wildman–Crippen MR) is 138 cm³/mol. The van der Waals surface area contributed by atoms with Crippen molar-refractivity contribution in [2.75, 3.05) is 29.9 Å². The molecule has 14 heteroatoms. The summed E-state index contributed by atoms with van der Waals surface area (Å²) in [6.45, 7) is 4.34. The number of carbonyl (C=O) groups is 1. The monoisotopic (exact) mass is 539 g/mol. The van der Waals surface area contributed by atoms with Crippen LogP contribution in [0.2, 0.25) is 5.02 Å². The average molecular weight is 540 g/mol. The second kappa shape index (κ2) is 9.74. The molecule has 0 radical (unpaired) electrons. The van der Waals surface area contributed by atoms with Gasteiger partial charge in [-0.1, -0.05) is 17.7 Å². The number of hydrogen-bond acceptors (Lipinski definition) is 10. The van der Waals surface area contributed by atoms with E-state index >= 15 is 0 Å². The van der Waals surface area contributed by atoms with Crippen LogP contribution >= 0.6 is 11.6 Å². The van der Waals surface area contributed by atoms with Gasteiger partial charge in [0.2, 0.25) is 5.65 Å². The Labute approximate surface area is 221 Å². The van der Waals surface area contributed by atoms with E-state index < -0.39 is 5.91 Å². The van der Waals surface area contributed by atoms with Crippen LogP contribution in [0.3, 0.4) is 0 Å². The Morgan fingerprint density at radius 1 is 1.26 bits per heavy atom. The number of amides is 1. The number of anilines is 2. The number of carbonyl (C=O) groups excluding carboxylic acids is 1. The molecule has 1 amide bonds. The number of nitrogens with one attached hydrogen (secondary N) is 2. The summed E-state index contributed by atoms with van der Waals surface area (Å²) >= 11 is 6.56. The van der Waals surface area contributed by atoms with Gasteiger partial charge in [0.1, 0.15) is 23.5 Å². The molecule has 13 nitrogen and oxygen atoms in total. The fourth-order valence-corrected chi connectivity index (χ4v) is 5.20. The van der Waals surface area contributed by atoms with Gasteiger partial charge in [0.15, 0.2) is 0 Å². The van der Waals surface area contributed by atoms with Crippen LogP contribution in [0, 0.1) is 5.41 Å². The van der Waals surface area contributed by atoms with Crippen molar-refractivity contribution in [3.05, 3.63) is 53.7 Å². The highest BCUT2D eigenvalue weighted by molar-refractivity contribution is 6.35. The number of H-pyrrole nitrogens is 1. The molecule has 0 unspecified atom stereocenters. The molecule has 1 aromatic carbocycles. The van der Waals surface area contributed by atoms with Crippen LogP contribution in [0.1, 0.15) is 30.3 Å². The maximum atomic E-state index is 12.5. The molecule has 0 aliphatic carbocycles. The van der Waals surface area contributed by atoms with Gasteiger partial charge in [-0.05, 0) is 42.9 Å². The first-order valence-electron chi connectivity index (χ1n) is 12.2. The van der Waals surface area contributed by atoms with Crippen LogP contribution in [0.15, 0.2) is 52.1 Å². The molecule has 2 aliphatic rings. The zero-order chi connectivity index (χ0) is 26.3. The van der Waals surface area contributed by atoms with E-state index in [9.17, 15) is 4.79 Å². The van der Waals surface area contributed by atoms with E-state index in [-0.39, 0.29) is 34.0 Å². The minimum atomic E-state index is -0.436. The minimum absolute atomic E-state index is 0.0185. The van der Waals surface area contributed by atoms with Gasteiger partial charge in [-0.2, -0.15) is 5.16 Å². The molecule has 4 aromatic rings. The predicted octanol–water partition coefficient (Wildman–Crippen LogP) is 3.09. The summed E-state index contributed by atoms with van der Waals surface area (Å²) in [5, 5.41) is 5.68. The number of benzene rings is 1. The molecule has 2 atom stereocenters. The zero-order valence-corrected chi connectivity index (χ0v) is 21.3. The van der Waals surface area contributed by atoms with Gasteiger partial charge < -0.3 is 25.2 Å². The summed E-state index contributed by atoms with van der Waals surface area (Å²) in [4.78, 5) is 32.6. The van der Waals surface area contributed by atoms with Crippen molar-refractivity contribution >= 4 is 40.4 Å². The number of hydrogen-bond donors (Lipinski definition) is 3. The topological polar surface area (TPSA) is 166 Å². The minimum Gasteiger partial charge on any atom is -0.376 e. The van der Waals surface area contributed by atoms with Gasteiger partial charge in [-0.3, -0.25) is 9.42 Å². The summed E-state index contributed by atoms with van der Waals surface area (Å²) < 4.78 is 17.2. The maximum Gasteiger partial charge on any atom is 0.296 e. The largest absolute Gasteiger partial charge is 0.376 e. The third-order valence-electron chi connectivity index (χ3n) is 7.29. The normalized spacial score (nSPS) is 20.7. The maximum absolute atomic E-state index is 12.5. The number of rotatable bonds is 4. The van der Waals surface area contributed by atoms with E-state index in [2.05, 4.69) is 35.3 Å². The first kappa shape index (κ1) is 24.4. The van der Waals surface area contributed by atoms with Crippen molar-refractivity contribution in [3.8, 4) is 5.69 Å². The van der Waals surface area contributed by atoms with E-state index in [0.29, 0.717) is 29.4 Å². The van der Waals surface area contributed by atoms with Crippen molar-refractivity contribution in [2.24, 2.45) is 11.1 Å². The number of piperidine rings is 1. The standard InChI is InChI=1S/C24H26ClN9O4/c1-14-20(26)24(12-36-14)6-9-33(10-7-24)18-11-28-23-21(31-18)32-38-34(37-23)17-4-2-3-15(19(17)25)30-22(35)16-5-8-27-13-29-16/h2-5,8,11,13-14,20H,6-7,9-10,12,26H2,1H3,(H,30,35)(H,31,32)/t14-,20+/m0/s1. The van der Waals surface area contributed by atoms with Gasteiger partial charge in [0.05, 0.1) is 29.6 Å². The molecule has 38 heavy (non-hydrogen) atoms. The Morgan fingerprint density at radius 3 is 2.84 bits per heavy atom. The Bertz CT molecular complexity index is 1500. The molecule has 5 heterocycles. The first-order valence-corrected chi connectivity index (χ1v) is 12.6. The van der Waals surface area contributed by atoms with E-state index in [4.69, 9.17) is 31.2 Å². The van der Waals surface area contributed by atoms with Crippen molar-refractivity contribution in [1.29, 1.82) is 0 Å². The van der Waals surface area contributed by atoms with Gasteiger partial charge in [0.25, 0.3) is 11.6 Å². The summed E-state index contributed by atoms with van der Waals surface area (Å²) in [6, 6.07) is 6.55. The van der Waals surface area contributed by atoms with Crippen LogP contribution in [0.4, 0.5) is 11.5 Å². The Balaban J connectivity index is 1.21. The Morgan fingerprint density at radius 2 is 2.11 bits per heavy atom. The van der Waals surface area contributed by atoms with E-state index in [1.807, 2.05) is 6.92 Å². The molecule has 2 saturated heterocycles. The summed E-state index contributed by atoms with van der Waals surface area (Å²) in [7, 11) is 0. The average Bonchev–Trinajstić information content (AvgIpc) is 3.23. The number of halogens is 1. The molecule has 4 N–H and O–H groups in total. The highest BCUT2D eigenvalue weighted by Gasteiger charge is 2.47. The molecule has 0 bridgehead atoms. The summed E-state index contributed by atoms with van der Waals surface area (Å²) in [5.41, 5.74) is 7.88. The van der Waals surface area contributed by atoms with Crippen LogP contribution in [-0.4, -0.2) is 67.8 Å². The second-order valence-electron chi connectivity index (χ2n) is 9.50. The lowest BCUT2D eigenvalue weighted by molar-refractivity contribution is 0.0713. The van der Waals surface area contributed by atoms with Crippen LogP contribution in [-0.2, 0) is 4.74 Å². The number of fused-ring (bicyclic) bond motifs is 1. The SMILES string of the molecule is C[C@@H]1OCC2(CCN(c3cnc4on(-c5cccc(NC(=O)c6ccncn6)c5Cl)o[nH]c4n3)CC2)[C@@H]1N. The van der Waals surface area contributed by atoms with Crippen molar-refractivity contribution < 1.29 is 18.7 Å². The zero-order valence-electron chi connectivity index (χ0n) is 20.5. The highest BCUT2D eigenvalue weighted by atomic mass is 35.5. The molecule has 0 saturated carbocycles. The van der Waals surface area contributed by atoms with Crippen LogP contribution in [0.25, 0.3) is 17.0 Å². The van der Waals surface area contributed by atoms with E-state index in [0.717, 1.165) is 30.8 Å². The molecular weight excluding hydrogens is 514 g/mol. The van der Waals surface area contributed by atoms with Crippen molar-refractivity contribution in [2.45, 2.75) is 31.9 Å². The Hall–Kier alpha value is -3.94. The van der Waals surface area contributed by atoms with E-state index in [1.165, 1.54) is 18.6 Å². The number of nitrogens with zero attached hydrogens (tertiary/aromatic N) is 6. The lowest BCUT2D eigenvalue weighted by Gasteiger charge is -2.41. The fraction of sp³-hybridized carbons (Fsp3) is 0.375. The first-order chi connectivity index (χ1) is 18.4. The van der Waals surface area contributed by atoms with Crippen molar-refractivity contribution in [1.82, 2.24) is 30.0 Å². The lowest BCUT2D eigenvalue weighted by atomic mass is 9.73. The molecule has 2 fully saturated rings. The second-order valence-corrected chi connectivity index (χ2v) is 9.88. The molecule has 3 aromatic heterocycles. The number of ether oxygens (including phenoxy) is 1. The highest BCUT2D eigenvalue weighted by Crippen LogP contribution is 2.41. The lowest BCUT2D eigenvalue weighted by Crippen LogP contribution is -2.50. The van der Waals surface area contributed by atoms with Gasteiger partial charge >= 0.3 is 0 Å². The molecule has 1 spiro atoms. The molecular formula is C24H26ClN9O4. The number of nitrogens with two attached hydrogens (primary N) is 1. The van der Waals surface area contributed by atoms with Gasteiger partial charge in [-0.15, -0.1) is 0 Å². The summed E-state index contributed by atoms with van der Waals surface area (Å²) in [6.07, 6.45) is 6.36. The molecule has 2 aliphatic heterocycles. The third-order valence-corrected chi connectivity index (χ3v) is 7.69. The molecule has 6 rings (SSSR count). The van der Waals surface area contributed by atoms with Crippen LogP contribution < -0.4 is 16.0 Å². The van der Waals surface area contributed by atoms with E-state index in [1.54, 1.807) is 24.4 Å². The number of aromatic nitrogens is 6. The van der Waals surface area contributed by atoms with Crippen molar-refractivity contribution in [3.63, 3.8) is 0 Å². The molecule has 198 valence electrons. The fourth-order valence-electron chi connectivity index (χ4n) is 4.96. The summed E-state index contributed by atoms with van der Waals surface area (Å²) in [5.74, 6) is 0.272. The quantitative estimate of drug-likeness (QED) is 0.350.